The van der Waals surface area contributed by atoms with Crippen molar-refractivity contribution in [2.24, 2.45) is 0 Å². The molecule has 13 heteroatoms. The van der Waals surface area contributed by atoms with E-state index in [2.05, 4.69) is 15.4 Å². The number of benzene rings is 1. The summed E-state index contributed by atoms with van der Waals surface area (Å²) in [6.07, 6.45) is 3.01. The molecule has 34 heavy (non-hydrogen) atoms. The third-order valence-corrected chi connectivity index (χ3v) is 5.78. The van der Waals surface area contributed by atoms with Crippen LogP contribution < -0.4 is 20.5 Å². The molecule has 0 unspecified atom stereocenters. The van der Waals surface area contributed by atoms with Crippen LogP contribution in [0.25, 0.3) is 12.2 Å². The summed E-state index contributed by atoms with van der Waals surface area (Å²) >= 11 is 7.31. The summed E-state index contributed by atoms with van der Waals surface area (Å²) in [5.41, 5.74) is 1.00. The molecular formula is C21H21ClN4O7S. The van der Waals surface area contributed by atoms with Crippen molar-refractivity contribution in [2.75, 3.05) is 26.1 Å². The Bertz CT molecular complexity index is 1290. The van der Waals surface area contributed by atoms with Gasteiger partial charge in [0.1, 0.15) is 11.4 Å². The second kappa shape index (κ2) is 11.0. The fourth-order valence-electron chi connectivity index (χ4n) is 2.81. The maximum absolute atomic E-state index is 12.4. The normalized spacial score (nSPS) is 11.0. The lowest BCUT2D eigenvalue weighted by atomic mass is 10.2. The molecule has 2 aromatic heterocycles. The minimum atomic E-state index is -0.823. The minimum Gasteiger partial charge on any atom is -0.493 e. The summed E-state index contributed by atoms with van der Waals surface area (Å²) < 4.78 is 21.3. The number of thiazole rings is 1. The monoisotopic (exact) mass is 508 g/mol. The van der Waals surface area contributed by atoms with E-state index in [4.69, 9.17) is 30.2 Å². The van der Waals surface area contributed by atoms with Crippen LogP contribution in [0.3, 0.4) is 0 Å². The molecule has 0 atom stereocenters. The Kier molecular flexibility index (Phi) is 8.08. The number of halogens is 1. The molecule has 0 bridgehead atoms. The van der Waals surface area contributed by atoms with E-state index in [1.165, 1.54) is 20.3 Å². The van der Waals surface area contributed by atoms with Gasteiger partial charge in [-0.15, -0.1) is 5.10 Å². The second-order valence-electron chi connectivity index (χ2n) is 6.60. The van der Waals surface area contributed by atoms with Crippen LogP contribution in [0.5, 0.6) is 11.5 Å². The highest BCUT2D eigenvalue weighted by Crippen LogP contribution is 2.37. The summed E-state index contributed by atoms with van der Waals surface area (Å²) in [7, 11) is 2.96. The molecule has 0 fully saturated rings. The first kappa shape index (κ1) is 25.0. The zero-order valence-electron chi connectivity index (χ0n) is 18.7. The molecule has 0 aliphatic heterocycles. The van der Waals surface area contributed by atoms with E-state index in [9.17, 15) is 14.4 Å². The van der Waals surface area contributed by atoms with Gasteiger partial charge in [-0.2, -0.15) is 4.68 Å². The first-order chi connectivity index (χ1) is 16.3. The van der Waals surface area contributed by atoms with Gasteiger partial charge in [0.2, 0.25) is 11.8 Å². The van der Waals surface area contributed by atoms with E-state index < -0.39 is 24.2 Å². The number of nitrogens with zero attached hydrogens (tertiary/aromatic N) is 3. The van der Waals surface area contributed by atoms with E-state index in [-0.39, 0.29) is 22.5 Å². The van der Waals surface area contributed by atoms with E-state index in [0.29, 0.717) is 27.8 Å². The standard InChI is InChI=1S/C21H21ClN4O7S/c1-5-32-19(28)18-11(2)23-20(34-18)24-14(27)10-26-21(29)33-15(25-26)9-7-12-6-8-13(30-3)17(31-4)16(12)22/h6-9H,5,10H2,1-4H3,(H,23,24,27)/b9-7+. The Labute approximate surface area is 202 Å². The van der Waals surface area contributed by atoms with Crippen LogP contribution in [-0.2, 0) is 16.1 Å². The van der Waals surface area contributed by atoms with Gasteiger partial charge in [0, 0.05) is 6.08 Å². The van der Waals surface area contributed by atoms with E-state index in [1.807, 2.05) is 0 Å². The predicted octanol–water partition coefficient (Wildman–Crippen LogP) is 3.26. The topological polar surface area (TPSA) is 135 Å². The van der Waals surface area contributed by atoms with Gasteiger partial charge >= 0.3 is 11.7 Å². The van der Waals surface area contributed by atoms with Crippen LogP contribution in [0.15, 0.2) is 21.3 Å². The second-order valence-corrected chi connectivity index (χ2v) is 7.98. The highest BCUT2D eigenvalue weighted by atomic mass is 35.5. The van der Waals surface area contributed by atoms with Gasteiger partial charge in [0.15, 0.2) is 16.6 Å². The molecule has 3 rings (SSSR count). The fourth-order valence-corrected chi connectivity index (χ4v) is 3.99. The lowest BCUT2D eigenvalue weighted by molar-refractivity contribution is -0.117. The van der Waals surface area contributed by atoms with Crippen molar-refractivity contribution in [2.45, 2.75) is 20.4 Å². The van der Waals surface area contributed by atoms with Crippen LogP contribution in [0.2, 0.25) is 5.02 Å². The number of methoxy groups -OCH3 is 2. The van der Waals surface area contributed by atoms with Crippen molar-refractivity contribution in [3.8, 4) is 11.5 Å². The van der Waals surface area contributed by atoms with Gasteiger partial charge in [0.05, 0.1) is 31.5 Å². The van der Waals surface area contributed by atoms with E-state index in [0.717, 1.165) is 16.0 Å². The van der Waals surface area contributed by atoms with E-state index >= 15 is 0 Å². The van der Waals surface area contributed by atoms with Crippen LogP contribution in [-0.4, -0.2) is 47.5 Å². The molecule has 3 aromatic rings. The number of ether oxygens (including phenoxy) is 3. The molecule has 0 aliphatic carbocycles. The number of anilines is 1. The van der Waals surface area contributed by atoms with Crippen molar-refractivity contribution in [1.29, 1.82) is 0 Å². The molecule has 2 heterocycles. The molecule has 0 aliphatic rings. The summed E-state index contributed by atoms with van der Waals surface area (Å²) in [4.78, 5) is 40.8. The van der Waals surface area contributed by atoms with Gasteiger partial charge in [-0.1, -0.05) is 22.9 Å². The number of aryl methyl sites for hydroxylation is 1. The summed E-state index contributed by atoms with van der Waals surface area (Å²) in [6.45, 7) is 3.13. The number of hydrogen-bond acceptors (Lipinski definition) is 10. The lowest BCUT2D eigenvalue weighted by Gasteiger charge is -2.10. The van der Waals surface area contributed by atoms with Gasteiger partial charge in [0.25, 0.3) is 0 Å². The molecule has 0 spiro atoms. The Hall–Kier alpha value is -3.64. The number of esters is 1. The largest absolute Gasteiger partial charge is 0.493 e. The maximum atomic E-state index is 12.4. The molecule has 0 radical (unpaired) electrons. The number of nitrogens with one attached hydrogen (secondary N) is 1. The minimum absolute atomic E-state index is 0.0293. The first-order valence-electron chi connectivity index (χ1n) is 9.88. The lowest BCUT2D eigenvalue weighted by Crippen LogP contribution is -2.25. The fraction of sp³-hybridized carbons (Fsp3) is 0.286. The predicted molar refractivity (Wildman–Crippen MR) is 126 cm³/mol. The number of aromatic nitrogens is 3. The SMILES string of the molecule is CCOC(=O)c1sc(NC(=O)Cn2nc(/C=C/c3ccc(OC)c(OC)c3Cl)oc2=O)nc1C. The highest BCUT2D eigenvalue weighted by Gasteiger charge is 2.18. The Morgan fingerprint density at radius 3 is 2.71 bits per heavy atom. The summed E-state index contributed by atoms with van der Waals surface area (Å²) in [6, 6.07) is 3.38. The van der Waals surface area contributed by atoms with Crippen molar-refractivity contribution in [3.63, 3.8) is 0 Å². The Balaban J connectivity index is 1.70. The third kappa shape index (κ3) is 5.64. The average molecular weight is 509 g/mol. The molecule has 1 N–H and O–H groups in total. The molecule has 180 valence electrons. The van der Waals surface area contributed by atoms with Gasteiger partial charge in [-0.25, -0.2) is 14.6 Å². The molecule has 0 saturated heterocycles. The zero-order chi connectivity index (χ0) is 24.8. The van der Waals surface area contributed by atoms with Gasteiger partial charge < -0.3 is 23.9 Å². The molecule has 11 nitrogen and oxygen atoms in total. The van der Waals surface area contributed by atoms with Crippen molar-refractivity contribution < 1.29 is 28.2 Å². The molecule has 0 saturated carbocycles. The van der Waals surface area contributed by atoms with Crippen molar-refractivity contribution in [3.05, 3.63) is 49.7 Å². The van der Waals surface area contributed by atoms with Crippen molar-refractivity contribution in [1.82, 2.24) is 14.8 Å². The van der Waals surface area contributed by atoms with Crippen LogP contribution >= 0.6 is 22.9 Å². The summed E-state index contributed by atoms with van der Waals surface area (Å²) in [5, 5.41) is 7.02. The van der Waals surface area contributed by atoms with Crippen LogP contribution in [0.4, 0.5) is 5.13 Å². The number of carbonyl (C=O) groups is 2. The first-order valence-corrected chi connectivity index (χ1v) is 11.1. The zero-order valence-corrected chi connectivity index (χ0v) is 20.3. The number of hydrogen-bond donors (Lipinski definition) is 1. The maximum Gasteiger partial charge on any atom is 0.437 e. The van der Waals surface area contributed by atoms with Crippen LogP contribution in [0, 0.1) is 6.92 Å². The number of carbonyl (C=O) groups excluding carboxylic acids is 2. The van der Waals surface area contributed by atoms with Crippen molar-refractivity contribution >= 4 is 52.1 Å². The molecular weight excluding hydrogens is 488 g/mol. The van der Waals surface area contributed by atoms with Gasteiger partial charge in [-0.3, -0.25) is 4.79 Å². The molecule has 1 amide bonds. The number of rotatable bonds is 9. The van der Waals surface area contributed by atoms with E-state index in [1.54, 1.807) is 32.1 Å². The van der Waals surface area contributed by atoms with Gasteiger partial charge in [-0.05, 0) is 37.6 Å². The smallest absolute Gasteiger partial charge is 0.437 e. The summed E-state index contributed by atoms with van der Waals surface area (Å²) in [5.74, 6) is -1.11. The highest BCUT2D eigenvalue weighted by molar-refractivity contribution is 7.17. The van der Waals surface area contributed by atoms with Crippen LogP contribution in [0.1, 0.15) is 33.7 Å². The third-order valence-electron chi connectivity index (χ3n) is 4.34. The number of amides is 1. The Morgan fingerprint density at radius 1 is 1.26 bits per heavy atom. The quantitative estimate of drug-likeness (QED) is 0.432. The molecule has 1 aromatic carbocycles. The Morgan fingerprint density at radius 2 is 2.03 bits per heavy atom. The average Bonchev–Trinajstić information content (AvgIpc) is 3.34.